The lowest BCUT2D eigenvalue weighted by Gasteiger charge is -2.36. The molecular formula is C25H22F3N3O2S. The van der Waals surface area contributed by atoms with Crippen LogP contribution < -0.4 is 0 Å². The van der Waals surface area contributed by atoms with Crippen molar-refractivity contribution < 1.29 is 23.1 Å². The molecule has 1 aromatic carbocycles. The van der Waals surface area contributed by atoms with Crippen LogP contribution in [0.25, 0.3) is 20.9 Å². The zero-order chi connectivity index (χ0) is 23.7. The molecule has 2 aliphatic carbocycles. The third-order valence-electron chi connectivity index (χ3n) is 7.28. The summed E-state index contributed by atoms with van der Waals surface area (Å²) in [5.41, 5.74) is 2.07. The molecule has 1 atom stereocenters. The first-order valence-corrected chi connectivity index (χ1v) is 12.1. The Morgan fingerprint density at radius 1 is 1.18 bits per heavy atom. The number of nitrogens with zero attached hydrogens (tertiary/aromatic N) is 3. The normalized spacial score (nSPS) is 23.3. The molecule has 34 heavy (non-hydrogen) atoms. The molecule has 1 saturated heterocycles. The molecule has 0 bridgehead atoms. The summed E-state index contributed by atoms with van der Waals surface area (Å²) >= 11 is 1.29. The highest BCUT2D eigenvalue weighted by molar-refractivity contribution is 7.21. The highest BCUT2D eigenvalue weighted by Gasteiger charge is 2.53. The van der Waals surface area contributed by atoms with E-state index < -0.39 is 17.3 Å². The molecule has 1 unspecified atom stereocenters. The molecule has 0 amide bonds. The molecule has 3 heterocycles. The maximum Gasteiger partial charge on any atom is 0.309 e. The van der Waals surface area contributed by atoms with Gasteiger partial charge in [-0.1, -0.05) is 29.6 Å². The predicted octanol–water partition coefficient (Wildman–Crippen LogP) is 5.26. The Morgan fingerprint density at radius 3 is 2.62 bits per heavy atom. The number of rotatable bonds is 6. The van der Waals surface area contributed by atoms with Crippen LogP contribution in [0.3, 0.4) is 0 Å². The van der Waals surface area contributed by atoms with Crippen molar-refractivity contribution in [3.8, 4) is 10.6 Å². The standard InChI is InChI=1S/C25H22F3N3O2S/c26-18-9-14(11-31-12-15(13-31)23(32)33)1-2-17(18)21-29-19-3-4-20(30-22(19)34-21)24(7-8-24)16-5-6-25(27,28)10-16/h1-4,7-9,15-16H,5-6,10-13H2,(H,32,33). The zero-order valence-electron chi connectivity index (χ0n) is 18.2. The van der Waals surface area contributed by atoms with E-state index in [9.17, 15) is 18.0 Å². The summed E-state index contributed by atoms with van der Waals surface area (Å²) in [4.78, 5) is 22.9. The van der Waals surface area contributed by atoms with Gasteiger partial charge in [-0.25, -0.2) is 23.1 Å². The minimum absolute atomic E-state index is 0.0821. The first-order chi connectivity index (χ1) is 16.2. The fraction of sp³-hybridized carbons (Fsp3) is 0.400. The van der Waals surface area contributed by atoms with Crippen LogP contribution in [0.2, 0.25) is 0 Å². The van der Waals surface area contributed by atoms with Crippen molar-refractivity contribution in [1.29, 1.82) is 0 Å². The number of carboxylic acids is 1. The van der Waals surface area contributed by atoms with Crippen LogP contribution in [0.15, 0.2) is 42.5 Å². The molecular weight excluding hydrogens is 463 g/mol. The third kappa shape index (κ3) is 3.71. The second kappa shape index (κ2) is 7.61. The molecule has 3 aliphatic rings. The molecule has 1 N–H and O–H groups in total. The quantitative estimate of drug-likeness (QED) is 0.483. The third-order valence-corrected chi connectivity index (χ3v) is 8.28. The Kier molecular flexibility index (Phi) is 4.87. The number of likely N-dealkylation sites (tertiary alicyclic amines) is 1. The highest BCUT2D eigenvalue weighted by atomic mass is 32.1. The Labute approximate surface area is 197 Å². The maximum absolute atomic E-state index is 14.9. The number of aliphatic carboxylic acids is 1. The van der Waals surface area contributed by atoms with Crippen LogP contribution in [0, 0.1) is 17.7 Å². The number of halogens is 3. The van der Waals surface area contributed by atoms with Crippen LogP contribution in [-0.2, 0) is 16.8 Å². The average Bonchev–Trinajstić information content (AvgIpc) is 3.32. The number of allylic oxidation sites excluding steroid dienone is 2. The molecule has 6 rings (SSSR count). The van der Waals surface area contributed by atoms with Gasteiger partial charge in [0.05, 0.1) is 17.0 Å². The van der Waals surface area contributed by atoms with Gasteiger partial charge in [-0.3, -0.25) is 9.69 Å². The number of fused-ring (bicyclic) bond motifs is 1. The molecule has 2 aromatic heterocycles. The highest BCUT2D eigenvalue weighted by Crippen LogP contribution is 2.55. The topological polar surface area (TPSA) is 66.3 Å². The summed E-state index contributed by atoms with van der Waals surface area (Å²) < 4.78 is 42.6. The number of carbonyl (C=O) groups is 1. The van der Waals surface area contributed by atoms with Gasteiger partial charge < -0.3 is 5.11 Å². The SMILES string of the molecule is O=C(O)C1CN(Cc2ccc(-c3nc4ccc(C5(C6CCC(F)(F)C6)C=C5)nc4s3)c(F)c2)C1. The van der Waals surface area contributed by atoms with Crippen molar-refractivity contribution >= 4 is 27.7 Å². The largest absolute Gasteiger partial charge is 0.481 e. The molecule has 3 aromatic rings. The van der Waals surface area contributed by atoms with E-state index in [0.717, 1.165) is 11.3 Å². The predicted molar refractivity (Wildman–Crippen MR) is 122 cm³/mol. The van der Waals surface area contributed by atoms with Gasteiger partial charge in [0, 0.05) is 38.0 Å². The molecule has 2 fully saturated rings. The first-order valence-electron chi connectivity index (χ1n) is 11.3. The summed E-state index contributed by atoms with van der Waals surface area (Å²) in [6, 6.07) is 8.68. The van der Waals surface area contributed by atoms with E-state index in [0.29, 0.717) is 47.0 Å². The van der Waals surface area contributed by atoms with Gasteiger partial charge in [-0.2, -0.15) is 0 Å². The summed E-state index contributed by atoms with van der Waals surface area (Å²) in [6.07, 6.45) is 4.19. The molecule has 9 heteroatoms. The number of hydrogen-bond acceptors (Lipinski definition) is 5. The number of hydrogen-bond donors (Lipinski definition) is 1. The van der Waals surface area contributed by atoms with Crippen LogP contribution in [0.4, 0.5) is 13.2 Å². The van der Waals surface area contributed by atoms with Gasteiger partial charge in [0.25, 0.3) is 0 Å². The summed E-state index contributed by atoms with van der Waals surface area (Å²) in [5, 5.41) is 9.51. The van der Waals surface area contributed by atoms with E-state index in [1.54, 1.807) is 6.07 Å². The van der Waals surface area contributed by atoms with Crippen molar-refractivity contribution in [2.75, 3.05) is 13.1 Å². The number of pyridine rings is 1. The van der Waals surface area contributed by atoms with E-state index in [2.05, 4.69) is 4.98 Å². The Morgan fingerprint density at radius 2 is 1.97 bits per heavy atom. The van der Waals surface area contributed by atoms with E-state index in [1.165, 1.54) is 17.4 Å². The molecule has 1 aliphatic heterocycles. The number of aromatic nitrogens is 2. The monoisotopic (exact) mass is 485 g/mol. The van der Waals surface area contributed by atoms with E-state index in [1.807, 2.05) is 35.3 Å². The van der Waals surface area contributed by atoms with Crippen molar-refractivity contribution in [3.63, 3.8) is 0 Å². The Balaban J connectivity index is 1.22. The lowest BCUT2D eigenvalue weighted by molar-refractivity contribution is -0.147. The first kappa shape index (κ1) is 21.7. The average molecular weight is 486 g/mol. The maximum atomic E-state index is 14.9. The molecule has 0 spiro atoms. The number of alkyl halides is 2. The molecule has 5 nitrogen and oxygen atoms in total. The van der Waals surface area contributed by atoms with Crippen molar-refractivity contribution in [3.05, 3.63) is 59.6 Å². The van der Waals surface area contributed by atoms with Gasteiger partial charge in [0.1, 0.15) is 21.2 Å². The van der Waals surface area contributed by atoms with Crippen LogP contribution in [-0.4, -0.2) is 45.0 Å². The Bertz CT molecular complexity index is 1330. The van der Waals surface area contributed by atoms with E-state index in [-0.39, 0.29) is 30.5 Å². The lowest BCUT2D eigenvalue weighted by Crippen LogP contribution is -2.49. The minimum atomic E-state index is -2.61. The number of thiazole rings is 1. The van der Waals surface area contributed by atoms with Crippen molar-refractivity contribution in [2.45, 2.75) is 37.1 Å². The van der Waals surface area contributed by atoms with Crippen molar-refractivity contribution in [1.82, 2.24) is 14.9 Å². The molecule has 176 valence electrons. The van der Waals surface area contributed by atoms with Gasteiger partial charge in [0.15, 0.2) is 0 Å². The van der Waals surface area contributed by atoms with Gasteiger partial charge >= 0.3 is 5.97 Å². The summed E-state index contributed by atoms with van der Waals surface area (Å²) in [6.45, 7) is 1.44. The Hall–Kier alpha value is -2.78. The van der Waals surface area contributed by atoms with Gasteiger partial charge in [0.2, 0.25) is 5.92 Å². The zero-order valence-corrected chi connectivity index (χ0v) is 19.0. The van der Waals surface area contributed by atoms with E-state index in [4.69, 9.17) is 10.1 Å². The second-order valence-corrected chi connectivity index (χ2v) is 10.6. The fourth-order valence-electron chi connectivity index (χ4n) is 5.22. The molecule has 0 radical (unpaired) electrons. The summed E-state index contributed by atoms with van der Waals surface area (Å²) in [7, 11) is 0. The van der Waals surface area contributed by atoms with Crippen LogP contribution >= 0.6 is 11.3 Å². The van der Waals surface area contributed by atoms with Gasteiger partial charge in [-0.15, -0.1) is 0 Å². The number of benzene rings is 1. The minimum Gasteiger partial charge on any atom is -0.481 e. The van der Waals surface area contributed by atoms with Crippen LogP contribution in [0.5, 0.6) is 0 Å². The smallest absolute Gasteiger partial charge is 0.309 e. The molecule has 1 saturated carbocycles. The second-order valence-electron chi connectivity index (χ2n) is 9.65. The van der Waals surface area contributed by atoms with Crippen LogP contribution in [0.1, 0.15) is 30.5 Å². The fourth-order valence-corrected chi connectivity index (χ4v) is 6.18. The number of carboxylic acid groups (broad SMARTS) is 1. The van der Waals surface area contributed by atoms with Gasteiger partial charge in [-0.05, 0) is 42.2 Å². The van der Waals surface area contributed by atoms with Crippen molar-refractivity contribution in [2.24, 2.45) is 11.8 Å². The lowest BCUT2D eigenvalue weighted by atomic mass is 9.82. The summed E-state index contributed by atoms with van der Waals surface area (Å²) in [5.74, 6) is -4.29. The van der Waals surface area contributed by atoms with E-state index >= 15 is 0 Å².